The van der Waals surface area contributed by atoms with E-state index in [1.54, 1.807) is 6.20 Å². The van der Waals surface area contributed by atoms with Gasteiger partial charge in [-0.15, -0.1) is 0 Å². The molecule has 4 aromatic rings. The molecule has 174 valence electrons. The van der Waals surface area contributed by atoms with Gasteiger partial charge in [0.05, 0.1) is 22.8 Å². The van der Waals surface area contributed by atoms with Gasteiger partial charge in [-0.1, -0.05) is 37.3 Å². The lowest BCUT2D eigenvalue weighted by molar-refractivity contribution is 0.0933. The van der Waals surface area contributed by atoms with E-state index in [-0.39, 0.29) is 22.5 Å². The van der Waals surface area contributed by atoms with Crippen molar-refractivity contribution in [2.75, 3.05) is 4.72 Å². The van der Waals surface area contributed by atoms with Gasteiger partial charge in [0.25, 0.3) is 15.9 Å². The van der Waals surface area contributed by atoms with Crippen LogP contribution in [0.5, 0.6) is 0 Å². The zero-order chi connectivity index (χ0) is 24.1. The maximum atomic E-state index is 13.0. The SMILES string of the molecule is CCC(NC(=O)c1ccc(S(=O)(=O)Nc2ccc(F)cc2)cc1)c1ncc(-c2ccccc2)[nH]1. The number of carbonyl (C=O) groups is 1. The molecule has 4 rings (SSSR count). The number of sulfonamides is 1. The number of carbonyl (C=O) groups excluding carboxylic acids is 1. The summed E-state index contributed by atoms with van der Waals surface area (Å²) in [6, 6.07) is 20.0. The first-order valence-corrected chi connectivity index (χ1v) is 12.1. The van der Waals surface area contributed by atoms with E-state index in [0.29, 0.717) is 17.8 Å². The molecule has 1 unspecified atom stereocenters. The molecule has 1 heterocycles. The molecule has 9 heteroatoms. The number of aromatic amines is 1. The highest BCUT2D eigenvalue weighted by atomic mass is 32.2. The highest BCUT2D eigenvalue weighted by molar-refractivity contribution is 7.92. The maximum Gasteiger partial charge on any atom is 0.261 e. The minimum Gasteiger partial charge on any atom is -0.342 e. The van der Waals surface area contributed by atoms with Gasteiger partial charge in [0.1, 0.15) is 11.6 Å². The van der Waals surface area contributed by atoms with Crippen LogP contribution < -0.4 is 10.0 Å². The molecule has 7 nitrogen and oxygen atoms in total. The van der Waals surface area contributed by atoms with Gasteiger partial charge in [0.2, 0.25) is 0 Å². The van der Waals surface area contributed by atoms with E-state index in [4.69, 9.17) is 0 Å². The van der Waals surface area contributed by atoms with E-state index in [1.165, 1.54) is 36.4 Å². The van der Waals surface area contributed by atoms with E-state index in [9.17, 15) is 17.6 Å². The molecule has 0 fully saturated rings. The van der Waals surface area contributed by atoms with E-state index in [0.717, 1.165) is 23.4 Å². The lowest BCUT2D eigenvalue weighted by Crippen LogP contribution is -2.29. The Balaban J connectivity index is 1.44. The molecule has 34 heavy (non-hydrogen) atoms. The number of nitrogens with one attached hydrogen (secondary N) is 3. The molecule has 3 N–H and O–H groups in total. The number of hydrogen-bond acceptors (Lipinski definition) is 4. The minimum absolute atomic E-state index is 0.0149. The molecule has 0 bridgehead atoms. The smallest absolute Gasteiger partial charge is 0.261 e. The highest BCUT2D eigenvalue weighted by Crippen LogP contribution is 2.21. The highest BCUT2D eigenvalue weighted by Gasteiger charge is 2.19. The normalized spacial score (nSPS) is 12.2. The average molecular weight is 479 g/mol. The number of hydrogen-bond donors (Lipinski definition) is 3. The van der Waals surface area contributed by atoms with Crippen LogP contribution in [-0.4, -0.2) is 24.3 Å². The Kier molecular flexibility index (Phi) is 6.74. The fraction of sp³-hybridized carbons (Fsp3) is 0.120. The molecule has 1 aromatic heterocycles. The molecule has 0 saturated carbocycles. The predicted octanol–water partition coefficient (Wildman–Crippen LogP) is 4.90. The second-order valence-corrected chi connectivity index (χ2v) is 9.30. The monoisotopic (exact) mass is 478 g/mol. The summed E-state index contributed by atoms with van der Waals surface area (Å²) in [7, 11) is -3.88. The number of benzene rings is 3. The van der Waals surface area contributed by atoms with Crippen LogP contribution in [0, 0.1) is 5.82 Å². The number of halogens is 1. The Bertz CT molecular complexity index is 1370. The van der Waals surface area contributed by atoms with Crippen LogP contribution in [0.4, 0.5) is 10.1 Å². The molecule has 1 atom stereocenters. The summed E-state index contributed by atoms with van der Waals surface area (Å²) >= 11 is 0. The average Bonchev–Trinajstić information content (AvgIpc) is 3.34. The second kappa shape index (κ2) is 9.88. The number of nitrogens with zero attached hydrogens (tertiary/aromatic N) is 1. The van der Waals surface area contributed by atoms with Gasteiger partial charge in [-0.05, 0) is 60.5 Å². The zero-order valence-corrected chi connectivity index (χ0v) is 19.1. The lowest BCUT2D eigenvalue weighted by Gasteiger charge is -2.15. The molecular weight excluding hydrogens is 455 g/mol. The molecule has 0 spiro atoms. The molecule has 3 aromatic carbocycles. The first kappa shape index (κ1) is 23.2. The van der Waals surface area contributed by atoms with Crippen molar-refractivity contribution in [3.05, 3.63) is 102 Å². The fourth-order valence-electron chi connectivity index (χ4n) is 3.40. The standard InChI is InChI=1S/C25H23FN4O3S/c1-2-22(24-27-16-23(28-24)17-6-4-3-5-7-17)29-25(31)18-8-14-21(15-9-18)34(32,33)30-20-12-10-19(26)11-13-20/h3-16,22,30H,2H2,1H3,(H,27,28)(H,29,31). The maximum absolute atomic E-state index is 13.0. The number of aromatic nitrogens is 2. The van der Waals surface area contributed by atoms with Crippen molar-refractivity contribution in [3.8, 4) is 11.3 Å². The summed E-state index contributed by atoms with van der Waals surface area (Å²) < 4.78 is 40.6. The number of H-pyrrole nitrogens is 1. The van der Waals surface area contributed by atoms with E-state index >= 15 is 0 Å². The fourth-order valence-corrected chi connectivity index (χ4v) is 4.46. The Morgan fingerprint density at radius 3 is 2.32 bits per heavy atom. The molecular formula is C25H23FN4O3S. The van der Waals surface area contributed by atoms with Crippen molar-refractivity contribution < 1.29 is 17.6 Å². The Hall–Kier alpha value is -3.98. The second-order valence-electron chi connectivity index (χ2n) is 7.62. The summed E-state index contributed by atoms with van der Waals surface area (Å²) in [5, 5.41) is 2.93. The number of anilines is 1. The molecule has 0 aliphatic carbocycles. The number of rotatable bonds is 8. The van der Waals surface area contributed by atoms with Crippen molar-refractivity contribution in [1.82, 2.24) is 15.3 Å². The Morgan fingerprint density at radius 1 is 1.00 bits per heavy atom. The third kappa shape index (κ3) is 5.32. The van der Waals surface area contributed by atoms with Crippen LogP contribution in [0.25, 0.3) is 11.3 Å². The quantitative estimate of drug-likeness (QED) is 0.335. The predicted molar refractivity (Wildman–Crippen MR) is 128 cm³/mol. The van der Waals surface area contributed by atoms with Crippen LogP contribution in [0.2, 0.25) is 0 Å². The van der Waals surface area contributed by atoms with Gasteiger partial charge in [0.15, 0.2) is 0 Å². The van der Waals surface area contributed by atoms with Crippen molar-refractivity contribution in [2.24, 2.45) is 0 Å². The Morgan fingerprint density at radius 2 is 1.68 bits per heavy atom. The van der Waals surface area contributed by atoms with Crippen molar-refractivity contribution >= 4 is 21.6 Å². The molecule has 1 amide bonds. The summed E-state index contributed by atoms with van der Waals surface area (Å²) in [5.41, 5.74) is 2.40. The largest absolute Gasteiger partial charge is 0.342 e. The summed E-state index contributed by atoms with van der Waals surface area (Å²) in [6.45, 7) is 1.94. The molecule has 0 saturated heterocycles. The third-order valence-electron chi connectivity index (χ3n) is 5.25. The number of amides is 1. The summed E-state index contributed by atoms with van der Waals surface area (Å²) in [6.07, 6.45) is 2.34. The van der Waals surface area contributed by atoms with E-state index in [2.05, 4.69) is 20.0 Å². The lowest BCUT2D eigenvalue weighted by atomic mass is 10.1. The molecule has 0 aliphatic heterocycles. The first-order chi connectivity index (χ1) is 16.4. The number of imidazole rings is 1. The van der Waals surface area contributed by atoms with Gasteiger partial charge < -0.3 is 10.3 Å². The van der Waals surface area contributed by atoms with Crippen molar-refractivity contribution in [3.63, 3.8) is 0 Å². The topological polar surface area (TPSA) is 104 Å². The summed E-state index contributed by atoms with van der Waals surface area (Å²) in [5.74, 6) is -0.174. The van der Waals surface area contributed by atoms with Crippen LogP contribution in [-0.2, 0) is 10.0 Å². The first-order valence-electron chi connectivity index (χ1n) is 10.7. The van der Waals surface area contributed by atoms with Crippen molar-refractivity contribution in [1.29, 1.82) is 0 Å². The van der Waals surface area contributed by atoms with Gasteiger partial charge in [-0.25, -0.2) is 17.8 Å². The van der Waals surface area contributed by atoms with Gasteiger partial charge >= 0.3 is 0 Å². The van der Waals surface area contributed by atoms with Crippen LogP contribution >= 0.6 is 0 Å². The van der Waals surface area contributed by atoms with Crippen molar-refractivity contribution in [2.45, 2.75) is 24.3 Å². The third-order valence-corrected chi connectivity index (χ3v) is 6.64. The van der Waals surface area contributed by atoms with E-state index in [1.807, 2.05) is 37.3 Å². The van der Waals surface area contributed by atoms with Crippen LogP contribution in [0.1, 0.15) is 35.6 Å². The molecule has 0 radical (unpaired) electrons. The van der Waals surface area contributed by atoms with Gasteiger partial charge in [-0.2, -0.15) is 0 Å². The van der Waals surface area contributed by atoms with Gasteiger partial charge in [0, 0.05) is 11.3 Å². The zero-order valence-electron chi connectivity index (χ0n) is 18.3. The summed E-state index contributed by atoms with van der Waals surface area (Å²) in [4.78, 5) is 20.5. The minimum atomic E-state index is -3.88. The van der Waals surface area contributed by atoms with Crippen LogP contribution in [0.15, 0.2) is 90.0 Å². The Labute approximate surface area is 197 Å². The van der Waals surface area contributed by atoms with Gasteiger partial charge in [-0.3, -0.25) is 9.52 Å². The molecule has 0 aliphatic rings. The van der Waals surface area contributed by atoms with E-state index < -0.39 is 15.8 Å². The van der Waals surface area contributed by atoms with Crippen LogP contribution in [0.3, 0.4) is 0 Å².